The van der Waals surface area contributed by atoms with E-state index in [0.29, 0.717) is 24.6 Å². The Bertz CT molecular complexity index is 1310. The van der Waals surface area contributed by atoms with E-state index in [1.807, 2.05) is 37.1 Å². The van der Waals surface area contributed by atoms with Crippen molar-refractivity contribution in [1.82, 2.24) is 19.9 Å². The predicted molar refractivity (Wildman–Crippen MR) is 130 cm³/mol. The van der Waals surface area contributed by atoms with Crippen LogP contribution in [0.4, 0.5) is 5.13 Å². The van der Waals surface area contributed by atoms with Crippen LogP contribution in [0.1, 0.15) is 26.8 Å². The second-order valence-corrected chi connectivity index (χ2v) is 9.30. The third-order valence-corrected chi connectivity index (χ3v) is 7.03. The summed E-state index contributed by atoms with van der Waals surface area (Å²) in [7, 11) is 0. The molecule has 164 valence electrons. The molecular formula is C23H23N5O2S2. The lowest BCUT2D eigenvalue weighted by Gasteiger charge is -2.19. The lowest BCUT2D eigenvalue weighted by molar-refractivity contribution is 0.0737. The van der Waals surface area contributed by atoms with Gasteiger partial charge in [-0.1, -0.05) is 35.4 Å². The van der Waals surface area contributed by atoms with E-state index in [4.69, 9.17) is 4.74 Å². The van der Waals surface area contributed by atoms with Crippen molar-refractivity contribution >= 4 is 45.4 Å². The Morgan fingerprint density at radius 1 is 1.19 bits per heavy atom. The van der Waals surface area contributed by atoms with E-state index in [0.717, 1.165) is 50.1 Å². The molecule has 0 spiro atoms. The zero-order valence-corrected chi connectivity index (χ0v) is 19.7. The van der Waals surface area contributed by atoms with Gasteiger partial charge in [0.25, 0.3) is 5.91 Å². The number of ether oxygens (including phenoxy) is 1. The lowest BCUT2D eigenvalue weighted by Crippen LogP contribution is -2.32. The molecule has 0 aliphatic carbocycles. The number of aromatic amines is 1. The van der Waals surface area contributed by atoms with Crippen molar-refractivity contribution in [3.63, 3.8) is 0 Å². The molecule has 0 atom stereocenters. The van der Waals surface area contributed by atoms with E-state index in [2.05, 4.69) is 43.9 Å². The van der Waals surface area contributed by atoms with Crippen LogP contribution >= 0.6 is 23.3 Å². The molecule has 1 aliphatic heterocycles. The van der Waals surface area contributed by atoms with E-state index in [1.54, 1.807) is 0 Å². The van der Waals surface area contributed by atoms with Gasteiger partial charge in [0.1, 0.15) is 23.1 Å². The van der Waals surface area contributed by atoms with Gasteiger partial charge >= 0.3 is 0 Å². The van der Waals surface area contributed by atoms with Crippen molar-refractivity contribution < 1.29 is 9.53 Å². The van der Waals surface area contributed by atoms with Gasteiger partial charge in [-0.05, 0) is 49.2 Å². The lowest BCUT2D eigenvalue weighted by atomic mass is 10.0. The van der Waals surface area contributed by atoms with E-state index in [-0.39, 0.29) is 5.91 Å². The average Bonchev–Trinajstić information content (AvgIpc) is 3.25. The molecule has 32 heavy (non-hydrogen) atoms. The number of carbonyl (C=O) groups excluding carboxylic acids is 1. The molecule has 2 N–H and O–H groups in total. The zero-order chi connectivity index (χ0) is 22.2. The quantitative estimate of drug-likeness (QED) is 0.412. The fourth-order valence-corrected chi connectivity index (χ4v) is 5.36. The number of amides is 1. The minimum absolute atomic E-state index is 0.00893. The fraction of sp³-hybridized carbons (Fsp3) is 0.261. The highest BCUT2D eigenvalue weighted by molar-refractivity contribution is 8.00. The van der Waals surface area contributed by atoms with Crippen molar-refractivity contribution in [2.45, 2.75) is 20.4 Å². The average molecular weight is 466 g/mol. The molecule has 0 saturated heterocycles. The number of aromatic nitrogens is 3. The number of thiazole rings is 1. The number of H-pyrrole nitrogens is 1. The zero-order valence-electron chi connectivity index (χ0n) is 18.1. The minimum atomic E-state index is -0.00893. The number of rotatable bonds is 4. The van der Waals surface area contributed by atoms with Crippen LogP contribution in [0.25, 0.3) is 22.2 Å². The molecule has 3 heterocycles. The normalized spacial score (nSPS) is 13.5. The Kier molecular flexibility index (Phi) is 5.52. The molecule has 0 unspecified atom stereocenters. The van der Waals surface area contributed by atoms with Crippen LogP contribution in [0.3, 0.4) is 0 Å². The van der Waals surface area contributed by atoms with Crippen LogP contribution < -0.4 is 9.46 Å². The number of benzene rings is 2. The number of anilines is 1. The van der Waals surface area contributed by atoms with Crippen LogP contribution in [0.2, 0.25) is 0 Å². The SMILES string of the molecule is CSNc1nc(C)c(C(=O)N2CCOc3ccc(-c4ccc5nc(C)[nH]c5c4)cc3C2)s1. The van der Waals surface area contributed by atoms with Crippen LogP contribution in [0.15, 0.2) is 36.4 Å². The van der Waals surface area contributed by atoms with Crippen LogP contribution in [0, 0.1) is 13.8 Å². The molecule has 0 radical (unpaired) electrons. The third kappa shape index (κ3) is 3.93. The van der Waals surface area contributed by atoms with Gasteiger partial charge in [-0.3, -0.25) is 4.79 Å². The Labute approximate surface area is 194 Å². The van der Waals surface area contributed by atoms with Crippen molar-refractivity contribution in [3.8, 4) is 16.9 Å². The molecule has 4 aromatic rings. The standard InChI is InChI=1S/C23H23N5O2S2/c1-13-21(32-23(24-13)27-31-3)22(29)28-8-9-30-20-7-5-15(10-17(20)12-28)16-4-6-18-19(11-16)26-14(2)25-18/h4-7,10-11H,8-9,12H2,1-3H3,(H,24,27)(H,25,26). The molecule has 1 amide bonds. The third-order valence-electron chi connectivity index (χ3n) is 5.44. The summed E-state index contributed by atoms with van der Waals surface area (Å²) in [4.78, 5) is 28.1. The van der Waals surface area contributed by atoms with Gasteiger partial charge in [0.15, 0.2) is 5.13 Å². The largest absolute Gasteiger partial charge is 0.491 e. The molecule has 2 aromatic carbocycles. The van der Waals surface area contributed by atoms with Crippen LogP contribution in [-0.4, -0.2) is 45.2 Å². The Balaban J connectivity index is 1.44. The number of carbonyl (C=O) groups is 1. The van der Waals surface area contributed by atoms with E-state index in [9.17, 15) is 4.79 Å². The molecule has 1 aliphatic rings. The molecule has 2 aromatic heterocycles. The number of hydrogen-bond donors (Lipinski definition) is 2. The Morgan fingerprint density at radius 2 is 2.00 bits per heavy atom. The summed E-state index contributed by atoms with van der Waals surface area (Å²) in [5.74, 6) is 1.72. The van der Waals surface area contributed by atoms with Crippen LogP contribution in [0.5, 0.6) is 5.75 Å². The topological polar surface area (TPSA) is 83.1 Å². The van der Waals surface area contributed by atoms with E-state index >= 15 is 0 Å². The maximum Gasteiger partial charge on any atom is 0.266 e. The molecule has 5 rings (SSSR count). The van der Waals surface area contributed by atoms with Crippen molar-refractivity contribution in [3.05, 3.63) is 58.4 Å². The summed E-state index contributed by atoms with van der Waals surface area (Å²) in [6, 6.07) is 12.4. The highest BCUT2D eigenvalue weighted by atomic mass is 32.2. The van der Waals surface area contributed by atoms with Crippen molar-refractivity contribution in [2.24, 2.45) is 0 Å². The van der Waals surface area contributed by atoms with E-state index in [1.165, 1.54) is 23.3 Å². The number of aryl methyl sites for hydroxylation is 2. The molecule has 7 nitrogen and oxygen atoms in total. The second kappa shape index (κ2) is 8.48. The predicted octanol–water partition coefficient (Wildman–Crippen LogP) is 5.03. The number of nitrogens with zero attached hydrogens (tertiary/aromatic N) is 3. The maximum atomic E-state index is 13.3. The molecule has 0 bridgehead atoms. The van der Waals surface area contributed by atoms with Gasteiger partial charge in [0.2, 0.25) is 0 Å². The van der Waals surface area contributed by atoms with Gasteiger partial charge in [-0.15, -0.1) is 0 Å². The van der Waals surface area contributed by atoms with Gasteiger partial charge in [-0.25, -0.2) is 9.97 Å². The Morgan fingerprint density at radius 3 is 2.84 bits per heavy atom. The van der Waals surface area contributed by atoms with Gasteiger partial charge < -0.3 is 19.3 Å². The first-order valence-corrected chi connectivity index (χ1v) is 12.3. The van der Waals surface area contributed by atoms with Crippen LogP contribution in [-0.2, 0) is 6.54 Å². The summed E-state index contributed by atoms with van der Waals surface area (Å²) < 4.78 is 9.08. The summed E-state index contributed by atoms with van der Waals surface area (Å²) in [6.07, 6.45) is 1.93. The van der Waals surface area contributed by atoms with E-state index < -0.39 is 0 Å². The number of imidazole rings is 1. The number of hydrogen-bond acceptors (Lipinski definition) is 7. The monoisotopic (exact) mass is 465 g/mol. The summed E-state index contributed by atoms with van der Waals surface area (Å²) in [6.45, 7) is 5.32. The minimum Gasteiger partial charge on any atom is -0.491 e. The molecule has 0 fully saturated rings. The highest BCUT2D eigenvalue weighted by Crippen LogP contribution is 2.32. The molecule has 0 saturated carbocycles. The summed E-state index contributed by atoms with van der Waals surface area (Å²) in [5, 5.41) is 0.747. The first kappa shape index (κ1) is 20.8. The number of fused-ring (bicyclic) bond motifs is 2. The smallest absolute Gasteiger partial charge is 0.266 e. The number of nitrogens with one attached hydrogen (secondary N) is 2. The molecular weight excluding hydrogens is 442 g/mol. The van der Waals surface area contributed by atoms with Gasteiger partial charge in [0.05, 0.1) is 23.3 Å². The first-order chi connectivity index (χ1) is 15.5. The van der Waals surface area contributed by atoms with Crippen molar-refractivity contribution in [2.75, 3.05) is 24.1 Å². The second-order valence-electron chi connectivity index (χ2n) is 7.69. The molecule has 9 heteroatoms. The fourth-order valence-electron chi connectivity index (χ4n) is 3.93. The maximum absolute atomic E-state index is 13.3. The Hall–Kier alpha value is -3.04. The van der Waals surface area contributed by atoms with Crippen molar-refractivity contribution in [1.29, 1.82) is 0 Å². The summed E-state index contributed by atoms with van der Waals surface area (Å²) in [5.41, 5.74) is 5.89. The summed E-state index contributed by atoms with van der Waals surface area (Å²) >= 11 is 2.86. The van der Waals surface area contributed by atoms with Gasteiger partial charge in [-0.2, -0.15) is 0 Å². The van der Waals surface area contributed by atoms with Gasteiger partial charge in [0, 0.05) is 18.4 Å². The first-order valence-electron chi connectivity index (χ1n) is 10.3. The highest BCUT2D eigenvalue weighted by Gasteiger charge is 2.25.